The monoisotopic (exact) mass is 268 g/mol. The largest absolute Gasteiger partial charge is 0.492 e. The maximum atomic E-state index is 12.0. The van der Waals surface area contributed by atoms with Crippen LogP contribution in [0.1, 0.15) is 26.2 Å². The number of hydrogen-bond acceptors (Lipinski definition) is 3. The summed E-state index contributed by atoms with van der Waals surface area (Å²) in [5.41, 5.74) is 5.82. The van der Waals surface area contributed by atoms with Crippen LogP contribution in [0.25, 0.3) is 0 Å². The third-order valence-electron chi connectivity index (χ3n) is 3.19. The normalized spacial score (nSPS) is 16.8. The fourth-order valence-corrected chi connectivity index (χ4v) is 2.08. The maximum absolute atomic E-state index is 12.0. The first-order valence-corrected chi connectivity index (χ1v) is 6.45. The summed E-state index contributed by atoms with van der Waals surface area (Å²) in [7, 11) is 0. The molecular weight excluding hydrogens is 252 g/mol. The maximum Gasteiger partial charge on any atom is 0.244 e. The lowest BCUT2D eigenvalue weighted by Crippen LogP contribution is -2.56. The van der Waals surface area contributed by atoms with Crippen molar-refractivity contribution in [2.45, 2.75) is 31.7 Å². The lowest BCUT2D eigenvalue weighted by Gasteiger charge is -2.36. The summed E-state index contributed by atoms with van der Waals surface area (Å²) in [6.07, 6.45) is 2.45. The van der Waals surface area contributed by atoms with E-state index < -0.39 is 5.54 Å². The molecule has 3 N–H and O–H groups in total. The smallest absolute Gasteiger partial charge is 0.244 e. The third-order valence-corrected chi connectivity index (χ3v) is 3.42. The van der Waals surface area contributed by atoms with Crippen molar-refractivity contribution in [3.05, 3.63) is 23.2 Å². The van der Waals surface area contributed by atoms with Gasteiger partial charge in [-0.2, -0.15) is 0 Å². The van der Waals surface area contributed by atoms with Gasteiger partial charge in [0.05, 0.1) is 17.8 Å². The molecule has 1 aromatic rings. The van der Waals surface area contributed by atoms with Crippen LogP contribution in [0.3, 0.4) is 0 Å². The van der Waals surface area contributed by atoms with Crippen molar-refractivity contribution in [2.75, 3.05) is 11.9 Å². The number of anilines is 1. The number of nitrogens with two attached hydrogens (primary N) is 1. The topological polar surface area (TPSA) is 64.3 Å². The van der Waals surface area contributed by atoms with E-state index in [1.54, 1.807) is 18.2 Å². The van der Waals surface area contributed by atoms with E-state index in [2.05, 4.69) is 5.32 Å². The van der Waals surface area contributed by atoms with E-state index in [0.29, 0.717) is 23.1 Å². The molecule has 1 saturated carbocycles. The Kier molecular flexibility index (Phi) is 3.78. The predicted molar refractivity (Wildman–Crippen MR) is 72.0 cm³/mol. The summed E-state index contributed by atoms with van der Waals surface area (Å²) in [6, 6.07) is 5.14. The number of amides is 1. The Morgan fingerprint density at radius 1 is 1.56 bits per heavy atom. The molecule has 4 nitrogen and oxygen atoms in total. The van der Waals surface area contributed by atoms with Gasteiger partial charge in [0, 0.05) is 5.02 Å². The second-order valence-corrected chi connectivity index (χ2v) is 4.97. The summed E-state index contributed by atoms with van der Waals surface area (Å²) < 4.78 is 5.44. The Balaban J connectivity index is 2.16. The fraction of sp³-hybridized carbons (Fsp3) is 0.462. The van der Waals surface area contributed by atoms with Crippen LogP contribution in [0.5, 0.6) is 5.75 Å². The molecule has 2 rings (SSSR count). The van der Waals surface area contributed by atoms with Crippen molar-refractivity contribution < 1.29 is 9.53 Å². The molecule has 0 atom stereocenters. The van der Waals surface area contributed by atoms with Gasteiger partial charge in [-0.3, -0.25) is 4.79 Å². The molecule has 0 aromatic heterocycles. The van der Waals surface area contributed by atoms with E-state index in [0.717, 1.165) is 19.3 Å². The summed E-state index contributed by atoms with van der Waals surface area (Å²) in [4.78, 5) is 12.0. The molecule has 1 aliphatic carbocycles. The van der Waals surface area contributed by atoms with Gasteiger partial charge in [0.2, 0.25) is 5.91 Å². The summed E-state index contributed by atoms with van der Waals surface area (Å²) in [5, 5.41) is 3.35. The quantitative estimate of drug-likeness (QED) is 0.882. The SMILES string of the molecule is CCOc1ccc(Cl)cc1NC(=O)C1(N)CCC1. The van der Waals surface area contributed by atoms with Crippen LogP contribution in [0, 0.1) is 0 Å². The van der Waals surface area contributed by atoms with Gasteiger partial charge >= 0.3 is 0 Å². The molecule has 0 spiro atoms. The Bertz CT molecular complexity index is 458. The molecule has 0 heterocycles. The molecule has 1 aromatic carbocycles. The number of carbonyl (C=O) groups is 1. The number of carbonyl (C=O) groups excluding carboxylic acids is 1. The predicted octanol–water partition coefficient (Wildman–Crippen LogP) is 2.56. The molecule has 18 heavy (non-hydrogen) atoms. The van der Waals surface area contributed by atoms with Crippen LogP contribution in [0.15, 0.2) is 18.2 Å². The summed E-state index contributed by atoms with van der Waals surface area (Å²) >= 11 is 5.92. The molecular formula is C13H17ClN2O2. The highest BCUT2D eigenvalue weighted by atomic mass is 35.5. The van der Waals surface area contributed by atoms with Crippen LogP contribution in [-0.4, -0.2) is 18.1 Å². The lowest BCUT2D eigenvalue weighted by atomic mass is 9.77. The van der Waals surface area contributed by atoms with Gasteiger partial charge in [0.25, 0.3) is 0 Å². The number of benzene rings is 1. The standard InChI is InChI=1S/C13H17ClN2O2/c1-2-18-11-5-4-9(14)8-10(11)16-12(17)13(15)6-3-7-13/h4-5,8H,2-3,6-7,15H2,1H3,(H,16,17). The highest BCUT2D eigenvalue weighted by molar-refractivity contribution is 6.31. The Morgan fingerprint density at radius 2 is 2.28 bits per heavy atom. The summed E-state index contributed by atoms with van der Waals surface area (Å²) in [5.74, 6) is 0.440. The molecule has 1 fully saturated rings. The Labute approximate surface area is 111 Å². The zero-order chi connectivity index (χ0) is 13.2. The van der Waals surface area contributed by atoms with Gasteiger partial charge < -0.3 is 15.8 Å². The highest BCUT2D eigenvalue weighted by Gasteiger charge is 2.40. The zero-order valence-corrected chi connectivity index (χ0v) is 11.1. The third kappa shape index (κ3) is 2.60. The van der Waals surface area contributed by atoms with Gasteiger partial charge in [0.15, 0.2) is 0 Å². The molecule has 0 unspecified atom stereocenters. The van der Waals surface area contributed by atoms with E-state index in [4.69, 9.17) is 22.1 Å². The van der Waals surface area contributed by atoms with Crippen LogP contribution < -0.4 is 15.8 Å². The van der Waals surface area contributed by atoms with Crippen molar-refractivity contribution in [3.8, 4) is 5.75 Å². The van der Waals surface area contributed by atoms with Gasteiger partial charge in [-0.15, -0.1) is 0 Å². The number of hydrogen-bond donors (Lipinski definition) is 2. The van der Waals surface area contributed by atoms with Gasteiger partial charge in [0.1, 0.15) is 5.75 Å². The number of ether oxygens (including phenoxy) is 1. The Hall–Kier alpha value is -1.26. The average molecular weight is 269 g/mol. The zero-order valence-electron chi connectivity index (χ0n) is 10.3. The van der Waals surface area contributed by atoms with E-state index in [1.807, 2.05) is 6.92 Å². The summed E-state index contributed by atoms with van der Waals surface area (Å²) in [6.45, 7) is 2.41. The fourth-order valence-electron chi connectivity index (χ4n) is 1.91. The molecule has 0 radical (unpaired) electrons. The minimum absolute atomic E-state index is 0.169. The molecule has 1 aliphatic rings. The van der Waals surface area contributed by atoms with E-state index in [9.17, 15) is 4.79 Å². The molecule has 0 bridgehead atoms. The van der Waals surface area contributed by atoms with E-state index in [-0.39, 0.29) is 5.91 Å². The van der Waals surface area contributed by atoms with Gasteiger partial charge in [-0.25, -0.2) is 0 Å². The molecule has 98 valence electrons. The van der Waals surface area contributed by atoms with Crippen LogP contribution in [-0.2, 0) is 4.79 Å². The lowest BCUT2D eigenvalue weighted by molar-refractivity contribution is -0.123. The van der Waals surface area contributed by atoms with Gasteiger partial charge in [-0.1, -0.05) is 11.6 Å². The first-order valence-electron chi connectivity index (χ1n) is 6.08. The van der Waals surface area contributed by atoms with Crippen molar-refractivity contribution in [3.63, 3.8) is 0 Å². The number of rotatable bonds is 4. The highest BCUT2D eigenvalue weighted by Crippen LogP contribution is 2.33. The second kappa shape index (κ2) is 5.16. The number of halogens is 1. The van der Waals surface area contributed by atoms with E-state index in [1.165, 1.54) is 0 Å². The molecule has 0 saturated heterocycles. The van der Waals surface area contributed by atoms with Crippen molar-refractivity contribution >= 4 is 23.2 Å². The minimum Gasteiger partial charge on any atom is -0.492 e. The first-order chi connectivity index (χ1) is 8.55. The Morgan fingerprint density at radius 3 is 2.83 bits per heavy atom. The number of nitrogens with one attached hydrogen (secondary N) is 1. The van der Waals surface area contributed by atoms with Crippen molar-refractivity contribution in [1.29, 1.82) is 0 Å². The van der Waals surface area contributed by atoms with E-state index >= 15 is 0 Å². The van der Waals surface area contributed by atoms with Crippen LogP contribution in [0.4, 0.5) is 5.69 Å². The van der Waals surface area contributed by atoms with Crippen LogP contribution >= 0.6 is 11.6 Å². The average Bonchev–Trinajstić information content (AvgIpc) is 2.29. The first kappa shape index (κ1) is 13.2. The van der Waals surface area contributed by atoms with Crippen molar-refractivity contribution in [1.82, 2.24) is 0 Å². The van der Waals surface area contributed by atoms with Crippen LogP contribution in [0.2, 0.25) is 5.02 Å². The molecule has 5 heteroatoms. The molecule has 0 aliphatic heterocycles. The molecule has 1 amide bonds. The van der Waals surface area contributed by atoms with Gasteiger partial charge in [-0.05, 0) is 44.4 Å². The second-order valence-electron chi connectivity index (χ2n) is 4.54. The van der Waals surface area contributed by atoms with Crippen molar-refractivity contribution in [2.24, 2.45) is 5.73 Å². The minimum atomic E-state index is -0.730.